The van der Waals surface area contributed by atoms with Crippen LogP contribution < -0.4 is 5.32 Å². The normalized spacial score (nSPS) is 16.7. The summed E-state index contributed by atoms with van der Waals surface area (Å²) in [7, 11) is 1.31. The van der Waals surface area contributed by atoms with Crippen molar-refractivity contribution in [1.82, 2.24) is 10.2 Å². The van der Waals surface area contributed by atoms with E-state index in [2.05, 4.69) is 10.1 Å². The second kappa shape index (κ2) is 6.27. The third kappa shape index (κ3) is 4.18. The summed E-state index contributed by atoms with van der Waals surface area (Å²) in [6.45, 7) is 1.52. The van der Waals surface area contributed by atoms with Crippen molar-refractivity contribution in [3.8, 4) is 0 Å². The van der Waals surface area contributed by atoms with E-state index < -0.39 is 5.97 Å². The predicted octanol–water partition coefficient (Wildman–Crippen LogP) is 0.745. The van der Waals surface area contributed by atoms with Crippen LogP contribution in [0.3, 0.4) is 0 Å². The predicted molar refractivity (Wildman–Crippen MR) is 55.5 cm³/mol. The number of methoxy groups -OCH3 is 1. The lowest BCUT2D eigenvalue weighted by atomic mass is 10.2. The van der Waals surface area contributed by atoms with Crippen molar-refractivity contribution >= 4 is 12.0 Å². The lowest BCUT2D eigenvalue weighted by Gasteiger charge is -2.20. The highest BCUT2D eigenvalue weighted by atomic mass is 16.5. The van der Waals surface area contributed by atoms with E-state index in [1.807, 2.05) is 0 Å². The lowest BCUT2D eigenvalue weighted by molar-refractivity contribution is -0.139. The fraction of sp³-hybridized carbons (Fsp3) is 0.800. The number of hydrogen-bond donors (Lipinski definition) is 1. The van der Waals surface area contributed by atoms with Crippen molar-refractivity contribution in [1.29, 1.82) is 0 Å². The molecule has 1 heterocycles. The molecule has 0 aromatic carbocycles. The number of nitrogens with one attached hydrogen (secondary N) is 1. The van der Waals surface area contributed by atoms with Gasteiger partial charge in [0.1, 0.15) is 6.54 Å². The summed E-state index contributed by atoms with van der Waals surface area (Å²) in [6, 6.07) is -0.165. The maximum Gasteiger partial charge on any atom is 0.325 e. The Morgan fingerprint density at radius 1 is 1.20 bits per heavy atom. The van der Waals surface area contributed by atoms with Gasteiger partial charge in [-0.25, -0.2) is 4.79 Å². The van der Waals surface area contributed by atoms with Gasteiger partial charge < -0.3 is 15.0 Å². The van der Waals surface area contributed by atoms with Gasteiger partial charge >= 0.3 is 12.0 Å². The van der Waals surface area contributed by atoms with Gasteiger partial charge in [0.15, 0.2) is 0 Å². The molecular weight excluding hydrogens is 196 g/mol. The molecule has 1 saturated heterocycles. The van der Waals surface area contributed by atoms with Crippen LogP contribution in [0.25, 0.3) is 0 Å². The van der Waals surface area contributed by atoms with Crippen molar-refractivity contribution in [2.75, 3.05) is 26.7 Å². The minimum Gasteiger partial charge on any atom is -0.468 e. The number of ether oxygens (including phenoxy) is 1. The molecule has 5 heteroatoms. The minimum absolute atomic E-state index is 0.0498. The Labute approximate surface area is 89.8 Å². The van der Waals surface area contributed by atoms with Crippen LogP contribution in [0.1, 0.15) is 25.7 Å². The van der Waals surface area contributed by atoms with Crippen molar-refractivity contribution in [2.45, 2.75) is 25.7 Å². The molecule has 0 aliphatic carbocycles. The Kier molecular flexibility index (Phi) is 4.93. The van der Waals surface area contributed by atoms with Crippen molar-refractivity contribution in [3.05, 3.63) is 0 Å². The molecule has 0 radical (unpaired) electrons. The summed E-state index contributed by atoms with van der Waals surface area (Å²) >= 11 is 0. The van der Waals surface area contributed by atoms with Gasteiger partial charge in [0, 0.05) is 13.1 Å². The first-order chi connectivity index (χ1) is 7.24. The molecule has 1 aliphatic rings. The molecule has 86 valence electrons. The highest BCUT2D eigenvalue weighted by Crippen LogP contribution is 2.09. The zero-order valence-corrected chi connectivity index (χ0v) is 9.12. The van der Waals surface area contributed by atoms with Crippen LogP contribution in [0.5, 0.6) is 0 Å². The first-order valence-electron chi connectivity index (χ1n) is 5.33. The maximum atomic E-state index is 11.6. The van der Waals surface area contributed by atoms with Crippen LogP contribution in [0.2, 0.25) is 0 Å². The Morgan fingerprint density at radius 3 is 2.33 bits per heavy atom. The highest BCUT2D eigenvalue weighted by Gasteiger charge is 2.15. The molecule has 1 N–H and O–H groups in total. The van der Waals surface area contributed by atoms with Crippen molar-refractivity contribution < 1.29 is 14.3 Å². The number of esters is 1. The van der Waals surface area contributed by atoms with E-state index in [9.17, 15) is 9.59 Å². The molecule has 0 bridgehead atoms. The Hall–Kier alpha value is -1.26. The molecule has 1 aliphatic heterocycles. The Morgan fingerprint density at radius 2 is 1.80 bits per heavy atom. The number of nitrogens with zero attached hydrogens (tertiary/aromatic N) is 1. The molecule has 0 aromatic rings. The summed E-state index contributed by atoms with van der Waals surface area (Å²) in [5.74, 6) is -0.418. The number of rotatable bonds is 2. The number of amides is 2. The number of hydrogen-bond acceptors (Lipinski definition) is 3. The number of carbonyl (C=O) groups is 2. The van der Waals surface area contributed by atoms with Crippen molar-refractivity contribution in [3.63, 3.8) is 0 Å². The SMILES string of the molecule is COC(=O)CNC(=O)N1CCCCCC1. The average molecular weight is 214 g/mol. The molecule has 0 atom stereocenters. The summed E-state index contributed by atoms with van der Waals surface area (Å²) in [6.07, 6.45) is 4.46. The summed E-state index contributed by atoms with van der Waals surface area (Å²) < 4.78 is 4.44. The van der Waals surface area contributed by atoms with Crippen LogP contribution >= 0.6 is 0 Å². The molecule has 2 amide bonds. The first-order valence-corrected chi connectivity index (χ1v) is 5.33. The second-order valence-electron chi connectivity index (χ2n) is 3.64. The topological polar surface area (TPSA) is 58.6 Å². The van der Waals surface area contributed by atoms with Crippen molar-refractivity contribution in [2.24, 2.45) is 0 Å². The standard InChI is InChI=1S/C10H18N2O3/c1-15-9(13)8-11-10(14)12-6-4-2-3-5-7-12/h2-8H2,1H3,(H,11,14). The van der Waals surface area contributed by atoms with E-state index in [-0.39, 0.29) is 12.6 Å². The minimum atomic E-state index is -0.418. The zero-order valence-electron chi connectivity index (χ0n) is 9.12. The zero-order chi connectivity index (χ0) is 11.1. The van der Waals surface area contributed by atoms with Crippen LogP contribution in [0.15, 0.2) is 0 Å². The fourth-order valence-electron chi connectivity index (χ4n) is 1.61. The Balaban J connectivity index is 2.28. The summed E-state index contributed by atoms with van der Waals surface area (Å²) in [4.78, 5) is 24.1. The van der Waals surface area contributed by atoms with Gasteiger partial charge in [-0.05, 0) is 12.8 Å². The Bertz CT molecular complexity index is 223. The molecule has 0 spiro atoms. The largest absolute Gasteiger partial charge is 0.468 e. The molecule has 5 nitrogen and oxygen atoms in total. The third-order valence-electron chi connectivity index (χ3n) is 2.50. The molecular formula is C10H18N2O3. The second-order valence-corrected chi connectivity index (χ2v) is 3.64. The monoisotopic (exact) mass is 214 g/mol. The third-order valence-corrected chi connectivity index (χ3v) is 2.50. The van der Waals surface area contributed by atoms with Gasteiger partial charge in [-0.1, -0.05) is 12.8 Å². The van der Waals surface area contributed by atoms with E-state index in [0.29, 0.717) is 0 Å². The van der Waals surface area contributed by atoms with Gasteiger partial charge in [-0.15, -0.1) is 0 Å². The summed E-state index contributed by atoms with van der Waals surface area (Å²) in [5.41, 5.74) is 0. The van der Waals surface area contributed by atoms with Gasteiger partial charge in [0.2, 0.25) is 0 Å². The maximum absolute atomic E-state index is 11.6. The highest BCUT2D eigenvalue weighted by molar-refractivity contribution is 5.80. The molecule has 1 rings (SSSR count). The molecule has 1 fully saturated rings. The van der Waals surface area contributed by atoms with Crippen LogP contribution in [0.4, 0.5) is 4.79 Å². The van der Waals surface area contributed by atoms with Gasteiger partial charge in [-0.2, -0.15) is 0 Å². The van der Waals surface area contributed by atoms with E-state index >= 15 is 0 Å². The van der Waals surface area contributed by atoms with E-state index in [1.54, 1.807) is 4.90 Å². The first kappa shape index (κ1) is 11.8. The van der Waals surface area contributed by atoms with E-state index in [0.717, 1.165) is 25.9 Å². The van der Waals surface area contributed by atoms with Gasteiger partial charge in [0.05, 0.1) is 7.11 Å². The fourth-order valence-corrected chi connectivity index (χ4v) is 1.61. The van der Waals surface area contributed by atoms with Crippen LogP contribution in [-0.2, 0) is 9.53 Å². The quantitative estimate of drug-likeness (QED) is 0.690. The van der Waals surface area contributed by atoms with Gasteiger partial charge in [-0.3, -0.25) is 4.79 Å². The van der Waals surface area contributed by atoms with Gasteiger partial charge in [0.25, 0.3) is 0 Å². The molecule has 0 saturated carbocycles. The number of urea groups is 1. The lowest BCUT2D eigenvalue weighted by Crippen LogP contribution is -2.42. The van der Waals surface area contributed by atoms with E-state index in [4.69, 9.17) is 0 Å². The smallest absolute Gasteiger partial charge is 0.325 e. The average Bonchev–Trinajstić information content (AvgIpc) is 2.53. The summed E-state index contributed by atoms with van der Waals surface area (Å²) in [5, 5.41) is 2.54. The number of carbonyl (C=O) groups excluding carboxylic acids is 2. The van der Waals surface area contributed by atoms with E-state index in [1.165, 1.54) is 20.0 Å². The number of likely N-dealkylation sites (tertiary alicyclic amines) is 1. The van der Waals surface area contributed by atoms with Crippen LogP contribution in [0, 0.1) is 0 Å². The molecule has 0 aromatic heterocycles. The molecule has 0 unspecified atom stereocenters. The molecule has 15 heavy (non-hydrogen) atoms. The van der Waals surface area contributed by atoms with Crippen LogP contribution in [-0.4, -0.2) is 43.6 Å².